The Kier molecular flexibility index (Phi) is 4.08. The zero-order valence-corrected chi connectivity index (χ0v) is 12.9. The molecule has 6 heteroatoms. The maximum absolute atomic E-state index is 12.2. The number of ether oxygens (including phenoxy) is 2. The second kappa shape index (κ2) is 5.71. The van der Waals surface area contributed by atoms with Crippen molar-refractivity contribution in [2.45, 2.75) is 32.0 Å². The molecule has 2 aliphatic rings. The number of hydrogen-bond donors (Lipinski definition) is 0. The average molecular weight is 365 g/mol. The Balaban J connectivity index is 1.58. The van der Waals surface area contributed by atoms with E-state index < -0.39 is 6.36 Å². The van der Waals surface area contributed by atoms with E-state index in [9.17, 15) is 13.2 Å². The van der Waals surface area contributed by atoms with E-state index in [-0.39, 0.29) is 10.2 Å². The van der Waals surface area contributed by atoms with Crippen LogP contribution in [0.3, 0.4) is 0 Å². The lowest BCUT2D eigenvalue weighted by molar-refractivity contribution is -0.274. The highest BCUT2D eigenvalue weighted by Crippen LogP contribution is 2.48. The number of rotatable bonds is 4. The van der Waals surface area contributed by atoms with Crippen molar-refractivity contribution in [3.05, 3.63) is 22.7 Å². The molecule has 0 saturated heterocycles. The standard InChI is InChI=1S/C15H16BrF3O2/c16-13-7-12(3-4-14(13)21-15(17,18)19)20-8-11-6-9-1-2-10(11)5-9/h3-4,7,9-11H,1-2,5-6,8H2. The van der Waals surface area contributed by atoms with Crippen LogP contribution < -0.4 is 9.47 Å². The van der Waals surface area contributed by atoms with E-state index in [0.29, 0.717) is 18.3 Å². The van der Waals surface area contributed by atoms with Crippen LogP contribution in [-0.4, -0.2) is 13.0 Å². The first-order valence-corrected chi connectivity index (χ1v) is 7.88. The first-order valence-electron chi connectivity index (χ1n) is 7.09. The molecule has 3 rings (SSSR count). The lowest BCUT2D eigenvalue weighted by atomic mass is 9.89. The van der Waals surface area contributed by atoms with Crippen molar-refractivity contribution in [1.82, 2.24) is 0 Å². The minimum absolute atomic E-state index is 0.241. The number of hydrogen-bond acceptors (Lipinski definition) is 2. The molecule has 2 fully saturated rings. The summed E-state index contributed by atoms with van der Waals surface area (Å²) in [6, 6.07) is 4.31. The molecule has 0 aromatic heterocycles. The summed E-state index contributed by atoms with van der Waals surface area (Å²) in [4.78, 5) is 0. The van der Waals surface area contributed by atoms with Crippen LogP contribution in [0.1, 0.15) is 25.7 Å². The summed E-state index contributed by atoms with van der Waals surface area (Å²) >= 11 is 3.08. The topological polar surface area (TPSA) is 18.5 Å². The zero-order valence-electron chi connectivity index (χ0n) is 11.3. The molecular formula is C15H16BrF3O2. The van der Waals surface area contributed by atoms with E-state index in [2.05, 4.69) is 20.7 Å². The monoisotopic (exact) mass is 364 g/mol. The highest BCUT2D eigenvalue weighted by atomic mass is 79.9. The smallest absolute Gasteiger partial charge is 0.493 e. The quantitative estimate of drug-likeness (QED) is 0.734. The third-order valence-electron chi connectivity index (χ3n) is 4.48. The molecule has 0 heterocycles. The van der Waals surface area contributed by atoms with Gasteiger partial charge in [-0.1, -0.05) is 6.42 Å². The van der Waals surface area contributed by atoms with Crippen LogP contribution in [0.5, 0.6) is 11.5 Å². The van der Waals surface area contributed by atoms with E-state index in [1.54, 1.807) is 0 Å². The highest BCUT2D eigenvalue weighted by molar-refractivity contribution is 9.10. The Bertz CT molecular complexity index is 518. The fraction of sp³-hybridized carbons (Fsp3) is 0.600. The van der Waals surface area contributed by atoms with E-state index in [1.165, 1.54) is 43.9 Å². The van der Waals surface area contributed by atoms with Gasteiger partial charge in [-0.3, -0.25) is 0 Å². The molecule has 2 nitrogen and oxygen atoms in total. The molecule has 2 saturated carbocycles. The van der Waals surface area contributed by atoms with Gasteiger partial charge in [0, 0.05) is 0 Å². The van der Waals surface area contributed by atoms with Crippen molar-refractivity contribution in [2.75, 3.05) is 6.61 Å². The first kappa shape index (κ1) is 15.0. The van der Waals surface area contributed by atoms with Gasteiger partial charge in [0.05, 0.1) is 11.1 Å². The van der Waals surface area contributed by atoms with Gasteiger partial charge in [-0.2, -0.15) is 0 Å². The summed E-state index contributed by atoms with van der Waals surface area (Å²) in [6.45, 7) is 0.646. The van der Waals surface area contributed by atoms with Gasteiger partial charge in [0.25, 0.3) is 0 Å². The Labute approximate surface area is 129 Å². The molecule has 116 valence electrons. The van der Waals surface area contributed by atoms with Crippen LogP contribution in [0.2, 0.25) is 0 Å². The molecule has 2 bridgehead atoms. The zero-order chi connectivity index (χ0) is 15.0. The molecule has 1 aromatic carbocycles. The lowest BCUT2D eigenvalue weighted by Crippen LogP contribution is -2.19. The number of benzene rings is 1. The van der Waals surface area contributed by atoms with E-state index in [0.717, 1.165) is 11.8 Å². The summed E-state index contributed by atoms with van der Waals surface area (Å²) in [6.07, 6.45) is 0.488. The molecule has 0 aliphatic heterocycles. The molecule has 0 radical (unpaired) electrons. The predicted octanol–water partition coefficient (Wildman–Crippen LogP) is 5.16. The second-order valence-corrected chi connectivity index (χ2v) is 6.74. The molecule has 2 aliphatic carbocycles. The molecule has 0 amide bonds. The lowest BCUT2D eigenvalue weighted by Gasteiger charge is -2.22. The van der Waals surface area contributed by atoms with Crippen molar-refractivity contribution in [3.63, 3.8) is 0 Å². The summed E-state index contributed by atoms with van der Waals surface area (Å²) < 4.78 is 46.4. The van der Waals surface area contributed by atoms with Gasteiger partial charge in [0.15, 0.2) is 0 Å². The maximum Gasteiger partial charge on any atom is 0.573 e. The van der Waals surface area contributed by atoms with E-state index in [4.69, 9.17) is 4.74 Å². The Morgan fingerprint density at radius 3 is 2.57 bits per heavy atom. The van der Waals surface area contributed by atoms with E-state index in [1.807, 2.05) is 0 Å². The van der Waals surface area contributed by atoms with Crippen molar-refractivity contribution >= 4 is 15.9 Å². The highest BCUT2D eigenvalue weighted by Gasteiger charge is 2.39. The normalized spacial score (nSPS) is 27.9. The number of alkyl halides is 3. The van der Waals surface area contributed by atoms with Gasteiger partial charge in [-0.05, 0) is 71.1 Å². The van der Waals surface area contributed by atoms with Gasteiger partial charge in [-0.25, -0.2) is 0 Å². The predicted molar refractivity (Wildman–Crippen MR) is 75.3 cm³/mol. The van der Waals surface area contributed by atoms with Gasteiger partial charge in [0.2, 0.25) is 0 Å². The van der Waals surface area contributed by atoms with Crippen LogP contribution in [0.25, 0.3) is 0 Å². The minimum atomic E-state index is -4.69. The molecule has 3 atom stereocenters. The minimum Gasteiger partial charge on any atom is -0.493 e. The summed E-state index contributed by atoms with van der Waals surface area (Å²) in [5, 5.41) is 0. The van der Waals surface area contributed by atoms with E-state index >= 15 is 0 Å². The Morgan fingerprint density at radius 2 is 2.00 bits per heavy atom. The third kappa shape index (κ3) is 3.65. The fourth-order valence-corrected chi connectivity index (χ4v) is 4.00. The molecule has 1 aromatic rings. The molecule has 0 spiro atoms. The summed E-state index contributed by atoms with van der Waals surface area (Å²) in [5.41, 5.74) is 0. The fourth-order valence-electron chi connectivity index (χ4n) is 3.56. The third-order valence-corrected chi connectivity index (χ3v) is 5.10. The maximum atomic E-state index is 12.2. The second-order valence-electron chi connectivity index (χ2n) is 5.89. The van der Waals surface area contributed by atoms with Gasteiger partial charge in [-0.15, -0.1) is 13.2 Å². The molecule has 21 heavy (non-hydrogen) atoms. The first-order chi connectivity index (χ1) is 9.90. The summed E-state index contributed by atoms with van der Waals surface area (Å²) in [7, 11) is 0. The van der Waals surface area contributed by atoms with Crippen LogP contribution in [-0.2, 0) is 0 Å². The summed E-state index contributed by atoms with van der Waals surface area (Å²) in [5.74, 6) is 2.53. The van der Waals surface area contributed by atoms with Crippen molar-refractivity contribution in [3.8, 4) is 11.5 Å². The van der Waals surface area contributed by atoms with Crippen LogP contribution in [0, 0.1) is 17.8 Å². The number of halogens is 4. The molecular weight excluding hydrogens is 349 g/mol. The van der Waals surface area contributed by atoms with Gasteiger partial charge in [0.1, 0.15) is 11.5 Å². The van der Waals surface area contributed by atoms with Gasteiger partial charge < -0.3 is 9.47 Å². The van der Waals surface area contributed by atoms with Crippen LogP contribution >= 0.6 is 15.9 Å². The Hall–Kier alpha value is -0.910. The molecule has 3 unspecified atom stereocenters. The van der Waals surface area contributed by atoms with Crippen LogP contribution in [0.4, 0.5) is 13.2 Å². The van der Waals surface area contributed by atoms with Crippen molar-refractivity contribution in [1.29, 1.82) is 0 Å². The average Bonchev–Trinajstić information content (AvgIpc) is 3.00. The SMILES string of the molecule is FC(F)(F)Oc1ccc(OCC2CC3CCC2C3)cc1Br. The van der Waals surface area contributed by atoms with Crippen LogP contribution in [0.15, 0.2) is 22.7 Å². The Morgan fingerprint density at radius 1 is 1.19 bits per heavy atom. The van der Waals surface area contributed by atoms with Crippen molar-refractivity contribution in [2.24, 2.45) is 17.8 Å². The number of fused-ring (bicyclic) bond motifs is 2. The largest absolute Gasteiger partial charge is 0.573 e. The molecule has 0 N–H and O–H groups in total. The van der Waals surface area contributed by atoms with Crippen molar-refractivity contribution < 1.29 is 22.6 Å². The van der Waals surface area contributed by atoms with Gasteiger partial charge >= 0.3 is 6.36 Å².